The van der Waals surface area contributed by atoms with Gasteiger partial charge in [0.15, 0.2) is 5.16 Å². The first-order valence-electron chi connectivity index (χ1n) is 6.46. The molecule has 19 heavy (non-hydrogen) atoms. The average molecular weight is 281 g/mol. The van der Waals surface area contributed by atoms with E-state index in [2.05, 4.69) is 24.1 Å². The highest BCUT2D eigenvalue weighted by Gasteiger charge is 2.27. The summed E-state index contributed by atoms with van der Waals surface area (Å²) >= 11 is 1.54. The zero-order chi connectivity index (χ0) is 14.0. The van der Waals surface area contributed by atoms with Gasteiger partial charge >= 0.3 is 0 Å². The van der Waals surface area contributed by atoms with Gasteiger partial charge in [0.1, 0.15) is 0 Å². The highest BCUT2D eigenvalue weighted by molar-refractivity contribution is 7.99. The number of aryl methyl sites for hydroxylation is 1. The van der Waals surface area contributed by atoms with Gasteiger partial charge in [-0.05, 0) is 12.8 Å². The van der Waals surface area contributed by atoms with Gasteiger partial charge in [0.25, 0.3) is 5.56 Å². The molecule has 1 amide bonds. The minimum Gasteiger partial charge on any atom is -0.356 e. The van der Waals surface area contributed by atoms with Crippen molar-refractivity contribution in [2.75, 3.05) is 12.3 Å². The molecule has 0 bridgehead atoms. The smallest absolute Gasteiger partial charge is 0.257 e. The SMILES string of the molecule is Cc1cnc2n(c1=O)C(CC(=O)NCC(C)C)CS2. The van der Waals surface area contributed by atoms with Crippen LogP contribution in [0, 0.1) is 12.8 Å². The highest BCUT2D eigenvalue weighted by atomic mass is 32.2. The van der Waals surface area contributed by atoms with E-state index in [4.69, 9.17) is 0 Å². The molecule has 1 aliphatic rings. The topological polar surface area (TPSA) is 64.0 Å². The lowest BCUT2D eigenvalue weighted by molar-refractivity contribution is -0.121. The molecule has 0 aliphatic carbocycles. The Morgan fingerprint density at radius 3 is 3.05 bits per heavy atom. The third kappa shape index (κ3) is 3.18. The number of fused-ring (bicyclic) bond motifs is 1. The van der Waals surface area contributed by atoms with E-state index < -0.39 is 0 Å². The first-order chi connectivity index (χ1) is 8.99. The van der Waals surface area contributed by atoms with Crippen LogP contribution in [0.25, 0.3) is 0 Å². The number of thioether (sulfide) groups is 1. The lowest BCUT2D eigenvalue weighted by atomic mass is 10.2. The fourth-order valence-electron chi connectivity index (χ4n) is 1.97. The Balaban J connectivity index is 2.08. The first-order valence-corrected chi connectivity index (χ1v) is 7.45. The number of hydrogen-bond donors (Lipinski definition) is 1. The van der Waals surface area contributed by atoms with E-state index >= 15 is 0 Å². The Hall–Kier alpha value is -1.30. The molecule has 2 rings (SSSR count). The maximum Gasteiger partial charge on any atom is 0.257 e. The van der Waals surface area contributed by atoms with Crippen molar-refractivity contribution >= 4 is 17.7 Å². The maximum absolute atomic E-state index is 12.1. The van der Waals surface area contributed by atoms with Crippen molar-refractivity contribution in [3.8, 4) is 0 Å². The molecule has 0 spiro atoms. The lowest BCUT2D eigenvalue weighted by Crippen LogP contribution is -2.32. The molecule has 1 N–H and O–H groups in total. The summed E-state index contributed by atoms with van der Waals surface area (Å²) in [6.07, 6.45) is 1.94. The molecule has 5 nitrogen and oxygen atoms in total. The second-order valence-corrected chi connectivity index (χ2v) is 6.25. The molecular formula is C13H19N3O2S. The predicted molar refractivity (Wildman–Crippen MR) is 75.5 cm³/mol. The molecule has 1 aromatic rings. The summed E-state index contributed by atoms with van der Waals surface area (Å²) in [5.41, 5.74) is 0.593. The van der Waals surface area contributed by atoms with Gasteiger partial charge in [0, 0.05) is 30.5 Å². The standard InChI is InChI=1S/C13H19N3O2S/c1-8(2)5-14-11(17)4-10-7-19-13-15-6-9(3)12(18)16(10)13/h6,8,10H,4-5,7H2,1-3H3,(H,14,17). The summed E-state index contributed by atoms with van der Waals surface area (Å²) < 4.78 is 1.66. The van der Waals surface area contributed by atoms with E-state index in [0.29, 0.717) is 24.4 Å². The van der Waals surface area contributed by atoms with Gasteiger partial charge in [-0.15, -0.1) is 0 Å². The second-order valence-electron chi connectivity index (χ2n) is 5.27. The lowest BCUT2D eigenvalue weighted by Gasteiger charge is -2.14. The van der Waals surface area contributed by atoms with Crippen molar-refractivity contribution in [2.24, 2.45) is 5.92 Å². The van der Waals surface area contributed by atoms with E-state index in [1.165, 1.54) is 11.8 Å². The van der Waals surface area contributed by atoms with Crippen molar-refractivity contribution in [2.45, 2.75) is 38.4 Å². The van der Waals surface area contributed by atoms with Gasteiger partial charge in [0.05, 0.1) is 6.04 Å². The predicted octanol–water partition coefficient (Wildman–Crippen LogP) is 1.36. The Kier molecular flexibility index (Phi) is 4.29. The number of hydrogen-bond acceptors (Lipinski definition) is 4. The van der Waals surface area contributed by atoms with Crippen molar-refractivity contribution in [1.82, 2.24) is 14.9 Å². The van der Waals surface area contributed by atoms with Crippen LogP contribution >= 0.6 is 11.8 Å². The van der Waals surface area contributed by atoms with Crippen LogP contribution in [0.1, 0.15) is 31.9 Å². The van der Waals surface area contributed by atoms with Crippen LogP contribution in [0.2, 0.25) is 0 Å². The van der Waals surface area contributed by atoms with Gasteiger partial charge in [-0.1, -0.05) is 25.6 Å². The molecule has 1 aromatic heterocycles. The normalized spacial score (nSPS) is 17.6. The quantitative estimate of drug-likeness (QED) is 0.846. The van der Waals surface area contributed by atoms with E-state index in [1.807, 2.05) is 0 Å². The number of aromatic nitrogens is 2. The Bertz CT molecular complexity index is 539. The van der Waals surface area contributed by atoms with Crippen LogP contribution in [0.5, 0.6) is 0 Å². The molecule has 0 radical (unpaired) electrons. The molecule has 104 valence electrons. The summed E-state index contributed by atoms with van der Waals surface area (Å²) in [6, 6.07) is -0.0768. The number of rotatable bonds is 4. The largest absolute Gasteiger partial charge is 0.356 e. The Morgan fingerprint density at radius 1 is 1.63 bits per heavy atom. The van der Waals surface area contributed by atoms with Crippen LogP contribution in [-0.4, -0.2) is 27.8 Å². The van der Waals surface area contributed by atoms with Gasteiger partial charge in [-0.25, -0.2) is 4.98 Å². The van der Waals surface area contributed by atoms with Crippen LogP contribution in [0.15, 0.2) is 16.1 Å². The minimum absolute atomic E-state index is 0.000515. The molecule has 0 fully saturated rings. The monoisotopic (exact) mass is 281 g/mol. The van der Waals surface area contributed by atoms with E-state index in [-0.39, 0.29) is 17.5 Å². The van der Waals surface area contributed by atoms with Crippen LogP contribution in [0.4, 0.5) is 0 Å². The molecule has 0 saturated heterocycles. The number of nitrogens with one attached hydrogen (secondary N) is 1. The van der Waals surface area contributed by atoms with Gasteiger partial charge in [-0.2, -0.15) is 0 Å². The second kappa shape index (κ2) is 5.77. The zero-order valence-corrected chi connectivity index (χ0v) is 12.3. The van der Waals surface area contributed by atoms with E-state index in [9.17, 15) is 9.59 Å². The molecule has 6 heteroatoms. The highest BCUT2D eigenvalue weighted by Crippen LogP contribution is 2.31. The van der Waals surface area contributed by atoms with E-state index in [1.54, 1.807) is 17.7 Å². The molecule has 1 atom stereocenters. The van der Waals surface area contributed by atoms with Crippen molar-refractivity contribution in [3.05, 3.63) is 22.1 Å². The van der Waals surface area contributed by atoms with Gasteiger partial charge < -0.3 is 5.32 Å². The summed E-state index contributed by atoms with van der Waals surface area (Å²) in [4.78, 5) is 28.2. The molecule has 1 unspecified atom stereocenters. The van der Waals surface area contributed by atoms with Crippen LogP contribution < -0.4 is 10.9 Å². The summed E-state index contributed by atoms with van der Waals surface area (Å²) in [5.74, 6) is 1.17. The van der Waals surface area contributed by atoms with Crippen molar-refractivity contribution in [1.29, 1.82) is 0 Å². The van der Waals surface area contributed by atoms with Crippen LogP contribution in [-0.2, 0) is 4.79 Å². The number of nitrogens with zero attached hydrogens (tertiary/aromatic N) is 2. The number of carbonyl (C=O) groups excluding carboxylic acids is 1. The van der Waals surface area contributed by atoms with Crippen molar-refractivity contribution < 1.29 is 4.79 Å². The maximum atomic E-state index is 12.1. The fourth-order valence-corrected chi connectivity index (χ4v) is 3.08. The molecule has 1 aliphatic heterocycles. The van der Waals surface area contributed by atoms with Gasteiger partial charge in [0.2, 0.25) is 5.91 Å². The molecule has 0 saturated carbocycles. The van der Waals surface area contributed by atoms with Gasteiger partial charge in [-0.3, -0.25) is 14.2 Å². The van der Waals surface area contributed by atoms with E-state index in [0.717, 1.165) is 10.9 Å². The summed E-state index contributed by atoms with van der Waals surface area (Å²) in [5, 5.41) is 3.61. The third-order valence-corrected chi connectivity index (χ3v) is 4.14. The Morgan fingerprint density at radius 2 is 2.37 bits per heavy atom. The number of carbonyl (C=O) groups is 1. The van der Waals surface area contributed by atoms with Crippen molar-refractivity contribution in [3.63, 3.8) is 0 Å². The number of amides is 1. The molecule has 0 aromatic carbocycles. The summed E-state index contributed by atoms with van der Waals surface area (Å²) in [6.45, 7) is 6.53. The first kappa shape index (κ1) is 14.1. The minimum atomic E-state index is -0.0768. The summed E-state index contributed by atoms with van der Waals surface area (Å²) in [7, 11) is 0. The average Bonchev–Trinajstić information content (AvgIpc) is 2.75. The molecular weight excluding hydrogens is 262 g/mol. The third-order valence-electron chi connectivity index (χ3n) is 3.03. The van der Waals surface area contributed by atoms with Crippen LogP contribution in [0.3, 0.4) is 0 Å². The molecule has 2 heterocycles. The Labute approximate surface area is 116 Å². The fraction of sp³-hybridized carbons (Fsp3) is 0.615. The zero-order valence-electron chi connectivity index (χ0n) is 11.5.